The van der Waals surface area contributed by atoms with E-state index in [1.54, 1.807) is 0 Å². The maximum Gasteiger partial charge on any atom is 0 e. The first-order chi connectivity index (χ1) is 1.91. The molecule has 0 aromatic heterocycles. The monoisotopic (exact) mass is 197 g/mol. The van der Waals surface area contributed by atoms with Gasteiger partial charge in [-0.2, -0.15) is 6.42 Å². The van der Waals surface area contributed by atoms with Crippen LogP contribution in [0.1, 0.15) is 19.8 Å². The van der Waals surface area contributed by atoms with Gasteiger partial charge in [0.15, 0.2) is 0 Å². The van der Waals surface area contributed by atoms with Crippen LogP contribution in [0.3, 0.4) is 0 Å². The molecule has 0 saturated carbocycles. The van der Waals surface area contributed by atoms with E-state index in [1.807, 2.05) is 0 Å². The first-order valence-electron chi connectivity index (χ1n) is 1.71. The van der Waals surface area contributed by atoms with Crippen molar-refractivity contribution in [3.63, 3.8) is 0 Å². The van der Waals surface area contributed by atoms with Crippen LogP contribution >= 0.6 is 0 Å². The van der Waals surface area contributed by atoms with Crippen molar-refractivity contribution < 1.29 is 41.7 Å². The molecule has 0 unspecified atom stereocenters. The molecule has 0 N–H and O–H groups in total. The van der Waals surface area contributed by atoms with Gasteiger partial charge in [0.05, 0.1) is 0 Å². The minimum absolute atomic E-state index is 0. The van der Waals surface area contributed by atoms with E-state index < -0.39 is 0 Å². The van der Waals surface area contributed by atoms with Crippen LogP contribution in [0.25, 0.3) is 0 Å². The molecule has 0 bridgehead atoms. The predicted octanol–water partition coefficient (Wildman–Crippen LogP) is 1.62. The van der Waals surface area contributed by atoms with Crippen LogP contribution in [0, 0.1) is 48.7 Å². The minimum atomic E-state index is 0. The second-order valence-corrected chi connectivity index (χ2v) is 0.854. The van der Waals surface area contributed by atoms with E-state index >= 15 is 0 Å². The zero-order valence-electron chi connectivity index (χ0n) is 3.62. The van der Waals surface area contributed by atoms with Crippen molar-refractivity contribution in [3.05, 3.63) is 6.92 Å². The first-order valence-corrected chi connectivity index (χ1v) is 1.71. The Bertz CT molecular complexity index is 5.61. The van der Waals surface area contributed by atoms with Gasteiger partial charge in [-0.25, -0.2) is 0 Å². The van der Waals surface area contributed by atoms with Gasteiger partial charge in [-0.3, -0.25) is 0 Å². The van der Waals surface area contributed by atoms with Gasteiger partial charge in [0.25, 0.3) is 0 Å². The molecule has 1 heteroatoms. The van der Waals surface area contributed by atoms with Crippen molar-refractivity contribution in [1.29, 1.82) is 0 Å². The molecular formula is C4H9Ce-. The average molecular weight is 197 g/mol. The third kappa shape index (κ3) is 10.9. The summed E-state index contributed by atoms with van der Waals surface area (Å²) in [5, 5.41) is 0. The summed E-state index contributed by atoms with van der Waals surface area (Å²) in [5.74, 6) is 0. The normalized spacial score (nSPS) is 6.00. The molecule has 30 valence electrons. The summed E-state index contributed by atoms with van der Waals surface area (Å²) in [6.07, 6.45) is 2.28. The van der Waals surface area contributed by atoms with Gasteiger partial charge < -0.3 is 6.92 Å². The molecule has 0 aromatic carbocycles. The smallest absolute Gasteiger partial charge is 0 e. The number of unbranched alkanes of at least 4 members (excludes halogenated alkanes) is 1. The van der Waals surface area contributed by atoms with Crippen molar-refractivity contribution in [2.24, 2.45) is 0 Å². The third-order valence-electron chi connectivity index (χ3n) is 0.354. The Morgan fingerprint density at radius 3 is 1.80 bits per heavy atom. The Labute approximate surface area is 67.7 Å². The summed E-state index contributed by atoms with van der Waals surface area (Å²) in [6, 6.07) is 0. The molecule has 0 saturated heterocycles. The molecule has 0 aliphatic heterocycles. The first kappa shape index (κ1) is 9.62. The fourth-order valence-corrected chi connectivity index (χ4v) is 0. The Morgan fingerprint density at radius 1 is 1.60 bits per heavy atom. The Kier molecular flexibility index (Phi) is 17.4. The van der Waals surface area contributed by atoms with E-state index in [4.69, 9.17) is 0 Å². The molecule has 0 aliphatic carbocycles. The van der Waals surface area contributed by atoms with Gasteiger partial charge in [0.2, 0.25) is 0 Å². The Morgan fingerprint density at radius 2 is 1.80 bits per heavy atom. The van der Waals surface area contributed by atoms with Gasteiger partial charge in [-0.1, -0.05) is 13.3 Å². The SMILES string of the molecule is [CH2-]CCC.[Ce]. The molecule has 0 radical (unpaired) electrons. The van der Waals surface area contributed by atoms with Crippen LogP contribution in [0.5, 0.6) is 0 Å². The van der Waals surface area contributed by atoms with Crippen LogP contribution in [0.4, 0.5) is 0 Å². The molecule has 0 atom stereocenters. The van der Waals surface area contributed by atoms with Crippen LogP contribution in [-0.4, -0.2) is 0 Å². The predicted molar refractivity (Wildman–Crippen MR) is 20.3 cm³/mol. The minimum Gasteiger partial charge on any atom is -0.343 e. The number of rotatable bonds is 1. The van der Waals surface area contributed by atoms with Crippen molar-refractivity contribution in [2.45, 2.75) is 19.8 Å². The standard InChI is InChI=1S/C4H9.Ce/c1-3-4-2;/h1,3-4H2,2H3;/q-1;. The van der Waals surface area contributed by atoms with E-state index in [0.29, 0.717) is 0 Å². The maximum absolute atomic E-state index is 3.60. The third-order valence-corrected chi connectivity index (χ3v) is 0.354. The van der Waals surface area contributed by atoms with Crippen molar-refractivity contribution >= 4 is 0 Å². The largest absolute Gasteiger partial charge is 0.343 e. The van der Waals surface area contributed by atoms with Crippen LogP contribution in [0.15, 0.2) is 0 Å². The van der Waals surface area contributed by atoms with E-state index in [2.05, 4.69) is 13.8 Å². The second-order valence-electron chi connectivity index (χ2n) is 0.854. The zero-order chi connectivity index (χ0) is 3.41. The topological polar surface area (TPSA) is 0 Å². The fraction of sp³-hybridized carbons (Fsp3) is 0.750. The van der Waals surface area contributed by atoms with E-state index in [0.717, 1.165) is 6.42 Å². The molecule has 0 heterocycles. The molecule has 5 heavy (non-hydrogen) atoms. The summed E-state index contributed by atoms with van der Waals surface area (Å²) in [7, 11) is 0. The molecule has 0 fully saturated rings. The zero-order valence-corrected chi connectivity index (χ0v) is 6.76. The maximum atomic E-state index is 3.60. The summed E-state index contributed by atoms with van der Waals surface area (Å²) in [4.78, 5) is 0. The van der Waals surface area contributed by atoms with Gasteiger partial charge in [0.1, 0.15) is 0 Å². The van der Waals surface area contributed by atoms with Gasteiger partial charge in [0, 0.05) is 41.7 Å². The summed E-state index contributed by atoms with van der Waals surface area (Å²) >= 11 is 0. The fourth-order valence-electron chi connectivity index (χ4n) is 0. The quantitative estimate of drug-likeness (QED) is 0.560. The van der Waals surface area contributed by atoms with Crippen molar-refractivity contribution in [2.75, 3.05) is 0 Å². The average Bonchev–Trinajstić information content (AvgIpc) is 1.37. The number of hydrogen-bond acceptors (Lipinski definition) is 0. The van der Waals surface area contributed by atoms with E-state index in [1.165, 1.54) is 6.42 Å². The Balaban J connectivity index is 0. The number of hydrogen-bond donors (Lipinski definition) is 0. The molecular weight excluding hydrogens is 188 g/mol. The summed E-state index contributed by atoms with van der Waals surface area (Å²) in [5.41, 5.74) is 0. The summed E-state index contributed by atoms with van der Waals surface area (Å²) in [6.45, 7) is 5.72. The Hall–Kier alpha value is 1.38. The molecule has 0 spiro atoms. The van der Waals surface area contributed by atoms with Crippen molar-refractivity contribution in [1.82, 2.24) is 0 Å². The van der Waals surface area contributed by atoms with Gasteiger partial charge >= 0.3 is 0 Å². The van der Waals surface area contributed by atoms with Crippen molar-refractivity contribution in [3.8, 4) is 0 Å². The summed E-state index contributed by atoms with van der Waals surface area (Å²) < 4.78 is 0. The second kappa shape index (κ2) is 9.03. The van der Waals surface area contributed by atoms with Gasteiger partial charge in [-0.05, 0) is 0 Å². The van der Waals surface area contributed by atoms with E-state index in [-0.39, 0.29) is 41.7 Å². The van der Waals surface area contributed by atoms with Crippen LogP contribution in [0.2, 0.25) is 0 Å². The molecule has 0 amide bonds. The van der Waals surface area contributed by atoms with Crippen LogP contribution < -0.4 is 0 Å². The molecule has 0 nitrogen and oxygen atoms in total. The van der Waals surface area contributed by atoms with Crippen LogP contribution in [-0.2, 0) is 0 Å². The molecule has 0 rings (SSSR count). The molecule has 0 aliphatic rings. The van der Waals surface area contributed by atoms with E-state index in [9.17, 15) is 0 Å². The molecule has 0 aromatic rings. The van der Waals surface area contributed by atoms with Gasteiger partial charge in [-0.15, -0.1) is 0 Å².